The number of aryl methyl sites for hydroxylation is 2. The first-order valence-electron chi connectivity index (χ1n) is 10.4. The van der Waals surface area contributed by atoms with E-state index in [-0.39, 0.29) is 0 Å². The van der Waals surface area contributed by atoms with Crippen molar-refractivity contribution in [3.05, 3.63) is 70.4 Å². The van der Waals surface area contributed by atoms with Gasteiger partial charge in [0, 0.05) is 35.9 Å². The van der Waals surface area contributed by atoms with Gasteiger partial charge in [0.15, 0.2) is 5.82 Å². The van der Waals surface area contributed by atoms with E-state index in [1.54, 1.807) is 6.20 Å². The fourth-order valence-electron chi connectivity index (χ4n) is 4.06. The average molecular weight is 416 g/mol. The van der Waals surface area contributed by atoms with Gasteiger partial charge in [-0.3, -0.25) is 4.98 Å². The van der Waals surface area contributed by atoms with Crippen LogP contribution < -0.4 is 5.32 Å². The number of aromatic nitrogens is 3. The highest BCUT2D eigenvalue weighted by Gasteiger charge is 2.22. The SMILES string of the molecule is CN(C)Cc1ccc(CNc2nc(-c3cccnc3)nc3sc4c(c23)CCC4)cc1. The third-order valence-electron chi connectivity index (χ3n) is 5.47. The van der Waals surface area contributed by atoms with Crippen LogP contribution in [0.25, 0.3) is 21.6 Å². The molecule has 30 heavy (non-hydrogen) atoms. The zero-order valence-corrected chi connectivity index (χ0v) is 18.2. The van der Waals surface area contributed by atoms with Crippen LogP contribution in [0.2, 0.25) is 0 Å². The summed E-state index contributed by atoms with van der Waals surface area (Å²) in [5.74, 6) is 1.68. The summed E-state index contributed by atoms with van der Waals surface area (Å²) in [7, 11) is 4.18. The molecule has 0 atom stereocenters. The van der Waals surface area contributed by atoms with E-state index in [4.69, 9.17) is 9.97 Å². The van der Waals surface area contributed by atoms with Crippen molar-refractivity contribution in [1.29, 1.82) is 0 Å². The summed E-state index contributed by atoms with van der Waals surface area (Å²) in [4.78, 5) is 18.8. The number of anilines is 1. The van der Waals surface area contributed by atoms with E-state index >= 15 is 0 Å². The summed E-state index contributed by atoms with van der Waals surface area (Å²) in [5, 5.41) is 4.83. The quantitative estimate of drug-likeness (QED) is 0.485. The molecule has 6 heteroatoms. The molecule has 0 aliphatic heterocycles. The molecular weight excluding hydrogens is 390 g/mol. The highest BCUT2D eigenvalue weighted by molar-refractivity contribution is 7.19. The molecule has 152 valence electrons. The first-order valence-corrected chi connectivity index (χ1v) is 11.2. The molecule has 5 nitrogen and oxygen atoms in total. The minimum absolute atomic E-state index is 0.736. The number of hydrogen-bond acceptors (Lipinski definition) is 6. The number of benzene rings is 1. The van der Waals surface area contributed by atoms with Crippen LogP contribution in [0.15, 0.2) is 48.8 Å². The second-order valence-electron chi connectivity index (χ2n) is 8.08. The second kappa shape index (κ2) is 8.13. The van der Waals surface area contributed by atoms with Gasteiger partial charge in [0.2, 0.25) is 0 Å². The van der Waals surface area contributed by atoms with Gasteiger partial charge in [0.05, 0.1) is 5.39 Å². The smallest absolute Gasteiger partial charge is 0.164 e. The van der Waals surface area contributed by atoms with Gasteiger partial charge in [-0.05, 0) is 62.2 Å². The van der Waals surface area contributed by atoms with E-state index in [9.17, 15) is 0 Å². The molecule has 0 fully saturated rings. The van der Waals surface area contributed by atoms with Crippen LogP contribution in [-0.2, 0) is 25.9 Å². The predicted molar refractivity (Wildman–Crippen MR) is 124 cm³/mol. The van der Waals surface area contributed by atoms with E-state index in [1.165, 1.54) is 33.4 Å². The monoisotopic (exact) mass is 415 g/mol. The number of pyridine rings is 1. The Balaban J connectivity index is 1.48. The maximum atomic E-state index is 4.93. The third-order valence-corrected chi connectivity index (χ3v) is 6.65. The molecule has 0 bridgehead atoms. The van der Waals surface area contributed by atoms with Crippen LogP contribution in [0.4, 0.5) is 5.82 Å². The molecule has 3 heterocycles. The standard InChI is InChI=1S/C24H25N5S/c1-29(2)15-17-10-8-16(9-11-17)13-26-23-21-19-6-3-7-20(19)30-24(21)28-22(27-23)18-5-4-12-25-14-18/h4-5,8-12,14H,3,6-7,13,15H2,1-2H3,(H,26,27,28). The Hall–Kier alpha value is -2.83. The van der Waals surface area contributed by atoms with Crippen molar-refractivity contribution in [2.45, 2.75) is 32.4 Å². The van der Waals surface area contributed by atoms with Crippen molar-refractivity contribution >= 4 is 27.4 Å². The zero-order chi connectivity index (χ0) is 20.5. The lowest BCUT2D eigenvalue weighted by molar-refractivity contribution is 0.402. The van der Waals surface area contributed by atoms with Crippen LogP contribution in [0, 0.1) is 0 Å². The lowest BCUT2D eigenvalue weighted by Gasteiger charge is -2.12. The van der Waals surface area contributed by atoms with Crippen molar-refractivity contribution in [2.24, 2.45) is 0 Å². The highest BCUT2D eigenvalue weighted by atomic mass is 32.1. The molecule has 0 amide bonds. The number of nitrogens with one attached hydrogen (secondary N) is 1. The molecule has 1 aromatic carbocycles. The molecule has 1 aliphatic carbocycles. The van der Waals surface area contributed by atoms with Crippen LogP contribution in [0.5, 0.6) is 0 Å². The first kappa shape index (κ1) is 19.2. The Kier molecular flexibility index (Phi) is 5.19. The minimum Gasteiger partial charge on any atom is -0.365 e. The van der Waals surface area contributed by atoms with Crippen LogP contribution in [-0.4, -0.2) is 33.9 Å². The lowest BCUT2D eigenvalue weighted by atomic mass is 10.1. The lowest BCUT2D eigenvalue weighted by Crippen LogP contribution is -2.10. The number of fused-ring (bicyclic) bond motifs is 3. The molecule has 0 unspecified atom stereocenters. The largest absolute Gasteiger partial charge is 0.365 e. The third kappa shape index (κ3) is 3.80. The van der Waals surface area contributed by atoms with Gasteiger partial charge in [-0.1, -0.05) is 24.3 Å². The Morgan fingerprint density at radius 3 is 2.63 bits per heavy atom. The minimum atomic E-state index is 0.736. The van der Waals surface area contributed by atoms with E-state index in [0.29, 0.717) is 0 Å². The van der Waals surface area contributed by atoms with Gasteiger partial charge >= 0.3 is 0 Å². The molecule has 3 aromatic heterocycles. The molecule has 1 aliphatic rings. The molecule has 4 aromatic rings. The molecule has 5 rings (SSSR count). The fraction of sp³-hybridized carbons (Fsp3) is 0.292. The summed E-state index contributed by atoms with van der Waals surface area (Å²) in [6.07, 6.45) is 7.12. The van der Waals surface area contributed by atoms with Gasteiger partial charge in [-0.25, -0.2) is 9.97 Å². The number of nitrogens with zero attached hydrogens (tertiary/aromatic N) is 4. The Labute approximate surface area is 180 Å². The van der Waals surface area contributed by atoms with Crippen molar-refractivity contribution in [3.8, 4) is 11.4 Å². The summed E-state index contributed by atoms with van der Waals surface area (Å²) < 4.78 is 0. The first-order chi connectivity index (χ1) is 14.7. The molecule has 0 radical (unpaired) electrons. The normalized spacial score (nSPS) is 13.2. The van der Waals surface area contributed by atoms with Crippen LogP contribution in [0.1, 0.15) is 28.0 Å². The van der Waals surface area contributed by atoms with Gasteiger partial charge in [0.25, 0.3) is 0 Å². The van der Waals surface area contributed by atoms with Gasteiger partial charge < -0.3 is 10.2 Å². The van der Waals surface area contributed by atoms with Crippen molar-refractivity contribution < 1.29 is 0 Å². The highest BCUT2D eigenvalue weighted by Crippen LogP contribution is 2.40. The zero-order valence-electron chi connectivity index (χ0n) is 17.4. The summed E-state index contributed by atoms with van der Waals surface area (Å²) >= 11 is 1.82. The summed E-state index contributed by atoms with van der Waals surface area (Å²) in [6, 6.07) is 12.8. The molecule has 0 saturated carbocycles. The van der Waals surface area contributed by atoms with Gasteiger partial charge in [-0.15, -0.1) is 11.3 Å². The van der Waals surface area contributed by atoms with Crippen molar-refractivity contribution in [3.63, 3.8) is 0 Å². The van der Waals surface area contributed by atoms with E-state index in [0.717, 1.165) is 48.0 Å². The average Bonchev–Trinajstić information content (AvgIpc) is 3.34. The Morgan fingerprint density at radius 2 is 1.87 bits per heavy atom. The Morgan fingerprint density at radius 1 is 1.03 bits per heavy atom. The number of hydrogen-bond donors (Lipinski definition) is 1. The van der Waals surface area contributed by atoms with Crippen molar-refractivity contribution in [1.82, 2.24) is 19.9 Å². The summed E-state index contributed by atoms with van der Waals surface area (Å²) in [6.45, 7) is 1.70. The van der Waals surface area contributed by atoms with E-state index < -0.39 is 0 Å². The maximum absolute atomic E-state index is 4.93. The van der Waals surface area contributed by atoms with Crippen molar-refractivity contribution in [2.75, 3.05) is 19.4 Å². The molecular formula is C24H25N5S. The van der Waals surface area contributed by atoms with Gasteiger partial charge in [0.1, 0.15) is 10.6 Å². The number of thiophene rings is 1. The van der Waals surface area contributed by atoms with Crippen LogP contribution in [0.3, 0.4) is 0 Å². The van der Waals surface area contributed by atoms with Gasteiger partial charge in [-0.2, -0.15) is 0 Å². The summed E-state index contributed by atoms with van der Waals surface area (Å²) in [5.41, 5.74) is 4.96. The maximum Gasteiger partial charge on any atom is 0.164 e. The topological polar surface area (TPSA) is 53.9 Å². The molecule has 0 saturated heterocycles. The van der Waals surface area contributed by atoms with E-state index in [2.05, 4.69) is 53.6 Å². The second-order valence-corrected chi connectivity index (χ2v) is 9.17. The van der Waals surface area contributed by atoms with E-state index in [1.807, 2.05) is 29.7 Å². The predicted octanol–water partition coefficient (Wildman–Crippen LogP) is 4.92. The molecule has 1 N–H and O–H groups in total. The number of rotatable bonds is 6. The Bertz CT molecular complexity index is 1170. The van der Waals surface area contributed by atoms with Crippen LogP contribution >= 0.6 is 11.3 Å². The fourth-order valence-corrected chi connectivity index (χ4v) is 5.32. The molecule has 0 spiro atoms.